The van der Waals surface area contributed by atoms with Gasteiger partial charge in [0.15, 0.2) is 0 Å². The van der Waals surface area contributed by atoms with Crippen molar-refractivity contribution in [1.82, 2.24) is 15.5 Å². The largest absolute Gasteiger partial charge is 0.370 e. The topological polar surface area (TPSA) is 81.8 Å². The van der Waals surface area contributed by atoms with Crippen molar-refractivity contribution in [3.63, 3.8) is 0 Å². The summed E-state index contributed by atoms with van der Waals surface area (Å²) in [7, 11) is 2.05. The Labute approximate surface area is 198 Å². The molecule has 1 unspecified atom stereocenters. The van der Waals surface area contributed by atoms with Crippen LogP contribution < -0.4 is 15.5 Å². The number of nitrogens with one attached hydrogen (secondary N) is 2. The number of benzene rings is 1. The van der Waals surface area contributed by atoms with Crippen LogP contribution in [0, 0.1) is 5.92 Å². The molecule has 1 saturated heterocycles. The molecule has 2 saturated carbocycles. The van der Waals surface area contributed by atoms with E-state index in [-0.39, 0.29) is 49.1 Å². The molecule has 2 aliphatic carbocycles. The summed E-state index contributed by atoms with van der Waals surface area (Å²) in [5.41, 5.74) is 2.49. The van der Waals surface area contributed by atoms with Crippen LogP contribution in [0.15, 0.2) is 18.2 Å². The van der Waals surface area contributed by atoms with Crippen molar-refractivity contribution >= 4 is 23.4 Å². The lowest BCUT2D eigenvalue weighted by molar-refractivity contribution is -0.136. The minimum atomic E-state index is -2.49. The Bertz CT molecular complexity index is 992. The van der Waals surface area contributed by atoms with Crippen molar-refractivity contribution in [2.45, 2.75) is 82.0 Å². The first-order chi connectivity index (χ1) is 16.2. The Hall–Kier alpha value is -2.55. The Balaban J connectivity index is 1.26. The molecule has 34 heavy (non-hydrogen) atoms. The van der Waals surface area contributed by atoms with Crippen LogP contribution in [0.1, 0.15) is 67.3 Å². The monoisotopic (exact) mass is 474 g/mol. The highest BCUT2D eigenvalue weighted by atomic mass is 19.3. The lowest BCUT2D eigenvalue weighted by Gasteiger charge is -2.42. The Morgan fingerprint density at radius 1 is 1.15 bits per heavy atom. The number of rotatable bonds is 6. The first-order valence-corrected chi connectivity index (χ1v) is 12.3. The summed E-state index contributed by atoms with van der Waals surface area (Å²) in [5.74, 6) is -3.31. The second-order valence-corrected chi connectivity index (χ2v) is 10.3. The van der Waals surface area contributed by atoms with Crippen LogP contribution in [0.3, 0.4) is 0 Å². The molecule has 0 radical (unpaired) electrons. The molecule has 3 fully saturated rings. The molecule has 2 heterocycles. The van der Waals surface area contributed by atoms with Crippen molar-refractivity contribution in [1.29, 1.82) is 0 Å². The maximum absolute atomic E-state index is 13.2. The van der Waals surface area contributed by atoms with Crippen molar-refractivity contribution in [2.75, 3.05) is 18.5 Å². The molecule has 3 atom stereocenters. The molecular weight excluding hydrogens is 442 g/mol. The highest BCUT2D eigenvalue weighted by Gasteiger charge is 2.45. The number of piperidine rings is 1. The number of nitrogens with zero attached hydrogens (tertiary/aromatic N) is 2. The SMILES string of the molecule is CN(c1ccc2c(c1)CN(C1CCC(=O)NC1=O)C2=O)[C@@H]1CCCC[C@@H]1NCC1CC(F)(F)C1. The molecule has 0 aromatic heterocycles. The zero-order valence-corrected chi connectivity index (χ0v) is 19.5. The Kier molecular flexibility index (Phi) is 6.08. The van der Waals surface area contributed by atoms with Gasteiger partial charge in [0.05, 0.1) is 0 Å². The van der Waals surface area contributed by atoms with E-state index in [0.717, 1.165) is 36.9 Å². The van der Waals surface area contributed by atoms with Gasteiger partial charge in [0.1, 0.15) is 6.04 Å². The van der Waals surface area contributed by atoms with Gasteiger partial charge in [-0.15, -0.1) is 0 Å². The van der Waals surface area contributed by atoms with Crippen LogP contribution in [0.2, 0.25) is 0 Å². The van der Waals surface area contributed by atoms with Crippen molar-refractivity contribution in [3.8, 4) is 0 Å². The number of amides is 3. The fourth-order valence-electron chi connectivity index (χ4n) is 6.03. The Morgan fingerprint density at radius 3 is 2.65 bits per heavy atom. The van der Waals surface area contributed by atoms with Gasteiger partial charge in [-0.25, -0.2) is 8.78 Å². The number of carbonyl (C=O) groups excluding carboxylic acids is 3. The minimum absolute atomic E-state index is 0.0181. The van der Waals surface area contributed by atoms with Crippen molar-refractivity contribution < 1.29 is 23.2 Å². The molecule has 0 bridgehead atoms. The van der Waals surface area contributed by atoms with Crippen LogP contribution in [0.5, 0.6) is 0 Å². The summed E-state index contributed by atoms with van der Waals surface area (Å²) in [4.78, 5) is 40.6. The quantitative estimate of drug-likeness (QED) is 0.620. The number of hydrogen-bond donors (Lipinski definition) is 2. The molecular formula is C25H32F2N4O3. The van der Waals surface area contributed by atoms with E-state index in [1.165, 1.54) is 0 Å². The second-order valence-electron chi connectivity index (χ2n) is 10.3. The normalized spacial score (nSPS) is 29.0. The number of imide groups is 1. The molecule has 0 spiro atoms. The average Bonchev–Trinajstić information content (AvgIpc) is 3.11. The van der Waals surface area contributed by atoms with Gasteiger partial charge in [0.2, 0.25) is 17.7 Å². The number of carbonyl (C=O) groups is 3. The summed E-state index contributed by atoms with van der Waals surface area (Å²) in [5, 5.41) is 5.91. The summed E-state index contributed by atoms with van der Waals surface area (Å²) < 4.78 is 26.4. The fourth-order valence-corrected chi connectivity index (χ4v) is 6.03. The van der Waals surface area contributed by atoms with Gasteiger partial charge in [0.25, 0.3) is 5.91 Å². The zero-order valence-electron chi connectivity index (χ0n) is 19.5. The van der Waals surface area contributed by atoms with Crippen molar-refractivity contribution in [2.24, 2.45) is 5.92 Å². The van der Waals surface area contributed by atoms with Crippen LogP contribution >= 0.6 is 0 Å². The molecule has 184 valence electrons. The van der Waals surface area contributed by atoms with Gasteiger partial charge in [0, 0.05) is 56.2 Å². The number of fused-ring (bicyclic) bond motifs is 1. The Morgan fingerprint density at radius 2 is 1.91 bits per heavy atom. The van der Waals surface area contributed by atoms with E-state index >= 15 is 0 Å². The third kappa shape index (κ3) is 4.42. The number of alkyl halides is 2. The van der Waals surface area contributed by atoms with Gasteiger partial charge in [-0.05, 0) is 55.5 Å². The predicted octanol–water partition coefficient (Wildman–Crippen LogP) is 2.83. The lowest BCUT2D eigenvalue weighted by Crippen LogP contribution is -2.53. The maximum atomic E-state index is 13.2. The molecule has 4 aliphatic rings. The highest BCUT2D eigenvalue weighted by molar-refractivity contribution is 6.05. The predicted molar refractivity (Wildman–Crippen MR) is 123 cm³/mol. The molecule has 5 rings (SSSR count). The first-order valence-electron chi connectivity index (χ1n) is 12.3. The van der Waals surface area contributed by atoms with Gasteiger partial charge < -0.3 is 15.1 Å². The molecule has 3 amide bonds. The fraction of sp³-hybridized carbons (Fsp3) is 0.640. The van der Waals surface area contributed by atoms with E-state index < -0.39 is 17.9 Å². The van der Waals surface area contributed by atoms with Crippen LogP contribution in [0.25, 0.3) is 0 Å². The summed E-state index contributed by atoms with van der Waals surface area (Å²) in [6, 6.07) is 5.67. The lowest BCUT2D eigenvalue weighted by atomic mass is 9.80. The van der Waals surface area contributed by atoms with Crippen molar-refractivity contribution in [3.05, 3.63) is 29.3 Å². The van der Waals surface area contributed by atoms with Gasteiger partial charge in [-0.2, -0.15) is 0 Å². The number of halogens is 2. The second kappa shape index (κ2) is 8.91. The van der Waals surface area contributed by atoms with Gasteiger partial charge in [-0.3, -0.25) is 19.7 Å². The third-order valence-corrected chi connectivity index (χ3v) is 7.98. The van der Waals surface area contributed by atoms with Gasteiger partial charge in [-0.1, -0.05) is 12.8 Å². The molecule has 7 nitrogen and oxygen atoms in total. The molecule has 1 aromatic carbocycles. The smallest absolute Gasteiger partial charge is 0.255 e. The first kappa shape index (κ1) is 23.2. The molecule has 1 aromatic rings. The van der Waals surface area contributed by atoms with Gasteiger partial charge >= 0.3 is 0 Å². The van der Waals surface area contributed by atoms with E-state index in [2.05, 4.69) is 22.6 Å². The summed E-state index contributed by atoms with van der Waals surface area (Å²) >= 11 is 0. The van der Waals surface area contributed by atoms with E-state index in [1.807, 2.05) is 18.2 Å². The highest BCUT2D eigenvalue weighted by Crippen LogP contribution is 2.42. The standard InChI is InChI=1S/C25H32F2N4O3/c1-30(20-5-3-2-4-19(20)28-13-15-11-25(26,27)12-15)17-6-7-18-16(10-17)14-31(24(18)34)21-8-9-22(32)29-23(21)33/h6-7,10,15,19-21,28H,2-5,8-9,11-14H2,1H3,(H,29,32,33)/t19-,20+,21?/m0/s1. The van der Waals surface area contributed by atoms with E-state index in [4.69, 9.17) is 0 Å². The third-order valence-electron chi connectivity index (χ3n) is 7.98. The van der Waals surface area contributed by atoms with E-state index in [1.54, 1.807) is 4.90 Å². The van der Waals surface area contributed by atoms with E-state index in [9.17, 15) is 23.2 Å². The van der Waals surface area contributed by atoms with Crippen LogP contribution in [-0.2, 0) is 16.1 Å². The number of hydrogen-bond acceptors (Lipinski definition) is 5. The van der Waals surface area contributed by atoms with E-state index in [0.29, 0.717) is 25.1 Å². The number of likely N-dealkylation sites (N-methyl/N-ethyl adjacent to an activating group) is 1. The van der Waals surface area contributed by atoms with Crippen LogP contribution in [0.4, 0.5) is 14.5 Å². The summed E-state index contributed by atoms with van der Waals surface area (Å²) in [6.45, 7) is 0.981. The molecule has 2 N–H and O–H groups in total. The minimum Gasteiger partial charge on any atom is -0.370 e. The van der Waals surface area contributed by atoms with Crippen LogP contribution in [-0.4, -0.2) is 60.3 Å². The average molecular weight is 475 g/mol. The zero-order chi connectivity index (χ0) is 24.0. The molecule has 2 aliphatic heterocycles. The maximum Gasteiger partial charge on any atom is 0.255 e. The number of anilines is 1. The molecule has 9 heteroatoms. The summed E-state index contributed by atoms with van der Waals surface area (Å²) in [6.07, 6.45) is 4.84.